The Labute approximate surface area is 110 Å². The van der Waals surface area contributed by atoms with Crippen molar-refractivity contribution in [2.75, 3.05) is 6.61 Å². The maximum Gasteiger partial charge on any atom is 0.153 e. The van der Waals surface area contributed by atoms with Gasteiger partial charge < -0.3 is 9.30 Å². The molecule has 4 nitrogen and oxygen atoms in total. The highest BCUT2D eigenvalue weighted by molar-refractivity contribution is 6.32. The zero-order chi connectivity index (χ0) is 13.0. The lowest BCUT2D eigenvalue weighted by Gasteiger charge is -2.11. The fourth-order valence-electron chi connectivity index (χ4n) is 1.66. The highest BCUT2D eigenvalue weighted by Crippen LogP contribution is 2.27. The number of hydrogen-bond donors (Lipinski definition) is 0. The van der Waals surface area contributed by atoms with Crippen molar-refractivity contribution in [3.05, 3.63) is 47.0 Å². The first-order valence-electron chi connectivity index (χ1n) is 5.56. The zero-order valence-electron chi connectivity index (χ0n) is 9.97. The van der Waals surface area contributed by atoms with Crippen LogP contribution in [0.2, 0.25) is 5.02 Å². The van der Waals surface area contributed by atoms with Crippen molar-refractivity contribution in [3.63, 3.8) is 0 Å². The standard InChI is InChI=1S/C13H13ClN2O2/c1-10-15-5-6-16(10)7-8-18-13-11(9-17)3-2-4-12(13)14/h2-6,9H,7-8H2,1H3. The third-order valence-electron chi connectivity index (χ3n) is 2.63. The third-order valence-corrected chi connectivity index (χ3v) is 2.92. The lowest BCUT2D eigenvalue weighted by atomic mass is 10.2. The van der Waals surface area contributed by atoms with Crippen LogP contribution in [0.5, 0.6) is 5.75 Å². The van der Waals surface area contributed by atoms with E-state index in [9.17, 15) is 4.79 Å². The van der Waals surface area contributed by atoms with Crippen molar-refractivity contribution in [3.8, 4) is 5.75 Å². The molecule has 0 atom stereocenters. The molecule has 0 N–H and O–H groups in total. The summed E-state index contributed by atoms with van der Waals surface area (Å²) in [6, 6.07) is 5.10. The first-order chi connectivity index (χ1) is 8.72. The molecule has 0 radical (unpaired) electrons. The minimum atomic E-state index is 0.432. The summed E-state index contributed by atoms with van der Waals surface area (Å²) in [7, 11) is 0. The van der Waals surface area contributed by atoms with E-state index in [0.717, 1.165) is 12.1 Å². The van der Waals surface area contributed by atoms with Gasteiger partial charge >= 0.3 is 0 Å². The van der Waals surface area contributed by atoms with E-state index < -0.39 is 0 Å². The number of aromatic nitrogens is 2. The molecule has 0 bridgehead atoms. The van der Waals surface area contributed by atoms with Gasteiger partial charge in [-0.25, -0.2) is 4.98 Å². The van der Waals surface area contributed by atoms with Crippen LogP contribution in [0.3, 0.4) is 0 Å². The first-order valence-corrected chi connectivity index (χ1v) is 5.94. The van der Waals surface area contributed by atoms with Gasteiger partial charge in [-0.2, -0.15) is 0 Å². The molecule has 1 aromatic carbocycles. The topological polar surface area (TPSA) is 44.1 Å². The molecule has 1 heterocycles. The van der Waals surface area contributed by atoms with Gasteiger partial charge in [-0.15, -0.1) is 0 Å². The molecular formula is C13H13ClN2O2. The van der Waals surface area contributed by atoms with Crippen molar-refractivity contribution >= 4 is 17.9 Å². The molecule has 0 fully saturated rings. The van der Waals surface area contributed by atoms with E-state index in [1.165, 1.54) is 0 Å². The van der Waals surface area contributed by atoms with Crippen LogP contribution >= 0.6 is 11.6 Å². The highest BCUT2D eigenvalue weighted by atomic mass is 35.5. The number of aryl methyl sites for hydroxylation is 1. The van der Waals surface area contributed by atoms with E-state index in [-0.39, 0.29) is 0 Å². The van der Waals surface area contributed by atoms with E-state index in [1.807, 2.05) is 17.7 Å². The molecule has 0 aliphatic rings. The SMILES string of the molecule is Cc1nccn1CCOc1c(Cl)cccc1C=O. The van der Waals surface area contributed by atoms with Crippen molar-refractivity contribution < 1.29 is 9.53 Å². The average molecular weight is 265 g/mol. The van der Waals surface area contributed by atoms with E-state index in [0.29, 0.717) is 29.5 Å². The van der Waals surface area contributed by atoms with E-state index in [2.05, 4.69) is 4.98 Å². The maximum atomic E-state index is 10.9. The lowest BCUT2D eigenvalue weighted by molar-refractivity contribution is 0.111. The summed E-state index contributed by atoms with van der Waals surface area (Å²) in [6.07, 6.45) is 4.36. The number of aldehydes is 1. The van der Waals surface area contributed by atoms with Gasteiger partial charge in [-0.1, -0.05) is 17.7 Å². The van der Waals surface area contributed by atoms with Crippen molar-refractivity contribution in [1.29, 1.82) is 0 Å². The van der Waals surface area contributed by atoms with Gasteiger partial charge in [0.1, 0.15) is 18.2 Å². The average Bonchev–Trinajstić information content (AvgIpc) is 2.77. The van der Waals surface area contributed by atoms with Crippen LogP contribution in [0.4, 0.5) is 0 Å². The van der Waals surface area contributed by atoms with Crippen LogP contribution in [0.15, 0.2) is 30.6 Å². The predicted octanol–water partition coefficient (Wildman–Crippen LogP) is 2.74. The fourth-order valence-corrected chi connectivity index (χ4v) is 1.89. The quantitative estimate of drug-likeness (QED) is 0.780. The number of halogens is 1. The lowest BCUT2D eigenvalue weighted by Crippen LogP contribution is -2.09. The van der Waals surface area contributed by atoms with Crippen LogP contribution in [-0.4, -0.2) is 22.4 Å². The molecule has 0 amide bonds. The summed E-state index contributed by atoms with van der Waals surface area (Å²) in [5, 5.41) is 0.446. The van der Waals surface area contributed by atoms with Gasteiger partial charge in [0.2, 0.25) is 0 Å². The maximum absolute atomic E-state index is 10.9. The molecule has 0 aliphatic heterocycles. The summed E-state index contributed by atoms with van der Waals surface area (Å²) in [6.45, 7) is 3.02. The Balaban J connectivity index is 2.02. The number of carbonyl (C=O) groups is 1. The molecule has 0 saturated carbocycles. The van der Waals surface area contributed by atoms with Crippen LogP contribution in [0.25, 0.3) is 0 Å². The normalized spacial score (nSPS) is 10.3. The molecule has 0 spiro atoms. The molecule has 0 aliphatic carbocycles. The molecule has 2 aromatic rings. The molecule has 0 unspecified atom stereocenters. The number of ether oxygens (including phenoxy) is 1. The molecule has 2 rings (SSSR count). The fraction of sp³-hybridized carbons (Fsp3) is 0.231. The summed E-state index contributed by atoms with van der Waals surface area (Å²) in [5.74, 6) is 1.36. The Kier molecular flexibility index (Phi) is 3.99. The van der Waals surface area contributed by atoms with Crippen molar-refractivity contribution in [2.45, 2.75) is 13.5 Å². The van der Waals surface area contributed by atoms with Gasteiger partial charge in [0, 0.05) is 12.4 Å². The van der Waals surface area contributed by atoms with Gasteiger partial charge in [-0.3, -0.25) is 4.79 Å². The minimum Gasteiger partial charge on any atom is -0.489 e. The molecule has 5 heteroatoms. The van der Waals surface area contributed by atoms with Gasteiger partial charge in [-0.05, 0) is 19.1 Å². The molecule has 1 aromatic heterocycles. The Morgan fingerprint density at radius 2 is 2.33 bits per heavy atom. The second-order valence-electron chi connectivity index (χ2n) is 3.79. The Morgan fingerprint density at radius 3 is 3.00 bits per heavy atom. The van der Waals surface area contributed by atoms with Crippen LogP contribution in [0.1, 0.15) is 16.2 Å². The number of nitrogens with zero attached hydrogens (tertiary/aromatic N) is 2. The second-order valence-corrected chi connectivity index (χ2v) is 4.20. The number of rotatable bonds is 5. The third kappa shape index (κ3) is 2.71. The molecule has 0 saturated heterocycles. The summed E-state index contributed by atoms with van der Waals surface area (Å²) < 4.78 is 7.54. The number of hydrogen-bond acceptors (Lipinski definition) is 3. The van der Waals surface area contributed by atoms with E-state index in [1.54, 1.807) is 24.4 Å². The number of benzene rings is 1. The summed E-state index contributed by atoms with van der Waals surface area (Å²) in [4.78, 5) is 15.0. The Hall–Kier alpha value is -1.81. The molecular weight excluding hydrogens is 252 g/mol. The largest absolute Gasteiger partial charge is 0.489 e. The Morgan fingerprint density at radius 1 is 1.50 bits per heavy atom. The smallest absolute Gasteiger partial charge is 0.153 e. The van der Waals surface area contributed by atoms with Gasteiger partial charge in [0.25, 0.3) is 0 Å². The number of imidazole rings is 1. The summed E-state index contributed by atoms with van der Waals surface area (Å²) >= 11 is 6.00. The van der Waals surface area contributed by atoms with E-state index >= 15 is 0 Å². The van der Waals surface area contributed by atoms with Gasteiger partial charge in [0.15, 0.2) is 6.29 Å². The van der Waals surface area contributed by atoms with Crippen molar-refractivity contribution in [1.82, 2.24) is 9.55 Å². The molecule has 18 heavy (non-hydrogen) atoms. The van der Waals surface area contributed by atoms with E-state index in [4.69, 9.17) is 16.3 Å². The van der Waals surface area contributed by atoms with Crippen molar-refractivity contribution in [2.24, 2.45) is 0 Å². The Bertz CT molecular complexity index is 552. The monoisotopic (exact) mass is 264 g/mol. The van der Waals surface area contributed by atoms with Crippen LogP contribution in [-0.2, 0) is 6.54 Å². The summed E-state index contributed by atoms with van der Waals surface area (Å²) in [5.41, 5.74) is 0.463. The minimum absolute atomic E-state index is 0.432. The zero-order valence-corrected chi connectivity index (χ0v) is 10.7. The van der Waals surface area contributed by atoms with Crippen LogP contribution in [0, 0.1) is 6.92 Å². The second kappa shape index (κ2) is 5.69. The number of carbonyl (C=O) groups excluding carboxylic acids is 1. The predicted molar refractivity (Wildman–Crippen MR) is 69.3 cm³/mol. The highest BCUT2D eigenvalue weighted by Gasteiger charge is 2.07. The van der Waals surface area contributed by atoms with Crippen LogP contribution < -0.4 is 4.74 Å². The number of para-hydroxylation sites is 1. The molecule has 94 valence electrons. The first kappa shape index (κ1) is 12.6. The van der Waals surface area contributed by atoms with Gasteiger partial charge in [0.05, 0.1) is 17.1 Å².